The lowest BCUT2D eigenvalue weighted by atomic mass is 10.0. The van der Waals surface area contributed by atoms with E-state index in [4.69, 9.17) is 16.2 Å². The molecule has 0 bridgehead atoms. The largest absolute Gasteiger partial charge is 0.458 e. The van der Waals surface area contributed by atoms with Gasteiger partial charge in [-0.3, -0.25) is 91.1 Å². The molecule has 19 amide bonds. The van der Waals surface area contributed by atoms with Crippen LogP contribution in [0.25, 0.3) is 0 Å². The van der Waals surface area contributed by atoms with Crippen molar-refractivity contribution in [1.29, 1.82) is 0 Å². The highest BCUT2D eigenvalue weighted by Crippen LogP contribution is 2.22. The van der Waals surface area contributed by atoms with Crippen LogP contribution in [0.1, 0.15) is 202 Å². The summed E-state index contributed by atoms with van der Waals surface area (Å²) in [5.74, 6) is -19.5. The number of unbranched alkanes of at least 4 members (excludes halogenated alkanes) is 2. The number of carbonyl (C=O) groups excluding carboxylic acids is 20. The van der Waals surface area contributed by atoms with E-state index >= 15 is 0 Å². The molecular formula is C86H139N21O22. The number of aliphatic hydroxyl groups is 1. The molecule has 0 aromatic heterocycles. The van der Waals surface area contributed by atoms with E-state index in [1.165, 1.54) is 87.1 Å². The minimum atomic E-state index is -1.85. The van der Waals surface area contributed by atoms with E-state index in [-0.39, 0.29) is 43.8 Å². The van der Waals surface area contributed by atoms with Crippen molar-refractivity contribution in [2.45, 2.75) is 324 Å². The maximum atomic E-state index is 14.3. The minimum absolute atomic E-state index is 0.0698. The zero-order valence-corrected chi connectivity index (χ0v) is 77.8. The van der Waals surface area contributed by atoms with Crippen LogP contribution < -0.4 is 107 Å². The predicted octanol–water partition coefficient (Wildman–Crippen LogP) is -4.23. The monoisotopic (exact) mass is 1820 g/mol. The summed E-state index contributed by atoms with van der Waals surface area (Å²) in [4.78, 5) is 275. The van der Waals surface area contributed by atoms with Crippen LogP contribution in [0.2, 0.25) is 0 Å². The molecule has 1 aromatic carbocycles. The Balaban J connectivity index is 1.59. The lowest BCUT2D eigenvalue weighted by molar-refractivity contribution is -0.156. The van der Waals surface area contributed by atoms with Crippen LogP contribution in [0.15, 0.2) is 53.9 Å². The van der Waals surface area contributed by atoms with Crippen molar-refractivity contribution < 1.29 is 106 Å². The maximum absolute atomic E-state index is 14.3. The van der Waals surface area contributed by atoms with Gasteiger partial charge in [0.2, 0.25) is 100 Å². The molecule has 3 rings (SSSR count). The van der Waals surface area contributed by atoms with Crippen molar-refractivity contribution in [2.24, 2.45) is 35.1 Å². The SMILES string of the molecule is C/C=C(\NC(=O)C(NC(=O)C(C)NC(=O)C(NC(=O)C(C)NC(=O)CNC(=O)C(NC(=O)C(C)NC(=O)C(C)NC(=O)C(C)NC(=O)C(C)NC(=O)C(CC(C)C)NC(=O)C1CCCN1C(=O)/C(=C\C)NC(=O)CC(O)CCCCC)C(C)C)C(C)C)C(C)C)C(=O)NC1C(=O)NC(C)C(=O)NC(C(C)N)C(=O)NC(C(C)N)C(=O)NC(Cc2ccccc2)C(=O)OC1C. The van der Waals surface area contributed by atoms with Crippen molar-refractivity contribution >= 4 is 118 Å². The molecule has 23 N–H and O–H groups in total. The first-order valence-corrected chi connectivity index (χ1v) is 43.8. The predicted molar refractivity (Wildman–Crippen MR) is 472 cm³/mol. The molecule has 2 saturated heterocycles. The van der Waals surface area contributed by atoms with Gasteiger partial charge in [-0.1, -0.05) is 124 Å². The summed E-state index contributed by atoms with van der Waals surface area (Å²) in [7, 11) is 0. The van der Waals surface area contributed by atoms with Gasteiger partial charge < -0.3 is 122 Å². The molecule has 20 atom stereocenters. The maximum Gasteiger partial charge on any atom is 0.329 e. The van der Waals surface area contributed by atoms with Gasteiger partial charge in [0.15, 0.2) is 0 Å². The van der Waals surface area contributed by atoms with E-state index < -0.39 is 269 Å². The number of aliphatic hydroxyl groups excluding tert-OH is 1. The van der Waals surface area contributed by atoms with Gasteiger partial charge in [-0.05, 0) is 138 Å². The van der Waals surface area contributed by atoms with E-state index in [1.54, 1.807) is 78.8 Å². The fourth-order valence-electron chi connectivity index (χ4n) is 13.3. The Labute approximate surface area is 753 Å². The van der Waals surface area contributed by atoms with Gasteiger partial charge in [0.25, 0.3) is 11.8 Å². The molecule has 0 saturated carbocycles. The average Bonchev–Trinajstić information content (AvgIpc) is 1.54. The number of rotatable bonds is 43. The Kier molecular flexibility index (Phi) is 46.3. The van der Waals surface area contributed by atoms with Crippen LogP contribution in [0.5, 0.6) is 0 Å². The third-order valence-electron chi connectivity index (χ3n) is 21.2. The Bertz CT molecular complexity index is 4200. The number of nitrogens with one attached hydrogen (secondary N) is 18. The van der Waals surface area contributed by atoms with Crippen LogP contribution >= 0.6 is 0 Å². The number of hydrogen-bond acceptors (Lipinski definition) is 24. The molecule has 2 heterocycles. The van der Waals surface area contributed by atoms with Crippen molar-refractivity contribution in [1.82, 2.24) is 101 Å². The molecule has 0 spiro atoms. The molecule has 1 aromatic rings. The Morgan fingerprint density at radius 1 is 0.512 bits per heavy atom. The van der Waals surface area contributed by atoms with Crippen LogP contribution in [0, 0.1) is 23.7 Å². The number of nitrogens with zero attached hydrogens (tertiary/aromatic N) is 1. The smallest absolute Gasteiger partial charge is 0.329 e. The highest BCUT2D eigenvalue weighted by molar-refractivity contribution is 6.05. The number of benzene rings is 1. The summed E-state index contributed by atoms with van der Waals surface area (Å²) < 4.78 is 5.78. The number of carbonyl (C=O) groups is 20. The Morgan fingerprint density at radius 3 is 1.43 bits per heavy atom. The number of ether oxygens (including phenoxy) is 1. The first-order chi connectivity index (χ1) is 60.3. The lowest BCUT2D eigenvalue weighted by Gasteiger charge is -2.31. The number of allylic oxidation sites excluding steroid dienone is 2. The van der Waals surface area contributed by atoms with Gasteiger partial charge in [-0.2, -0.15) is 0 Å². The molecule has 20 unspecified atom stereocenters. The van der Waals surface area contributed by atoms with Gasteiger partial charge in [0.05, 0.1) is 19.1 Å². The summed E-state index contributed by atoms with van der Waals surface area (Å²) in [6.45, 7) is 30.5. The normalized spacial score (nSPS) is 20.8. The molecule has 129 heavy (non-hydrogen) atoms. The highest BCUT2D eigenvalue weighted by atomic mass is 16.5. The molecule has 2 fully saturated rings. The third kappa shape index (κ3) is 36.2. The van der Waals surface area contributed by atoms with Gasteiger partial charge in [0.1, 0.15) is 114 Å². The Hall–Kier alpha value is -12.0. The van der Waals surface area contributed by atoms with Gasteiger partial charge in [0, 0.05) is 25.0 Å². The summed E-state index contributed by atoms with van der Waals surface area (Å²) in [5, 5.41) is 55.2. The fraction of sp³-hybridized carbons (Fsp3) is 0.651. The van der Waals surface area contributed by atoms with E-state index in [0.29, 0.717) is 18.4 Å². The lowest BCUT2D eigenvalue weighted by Crippen LogP contribution is -2.65. The summed E-state index contributed by atoms with van der Waals surface area (Å²) in [6, 6.07) is -15.7. The second-order valence-electron chi connectivity index (χ2n) is 34.3. The van der Waals surface area contributed by atoms with Crippen LogP contribution in [0.4, 0.5) is 0 Å². The number of cyclic esters (lactones) is 1. The first kappa shape index (κ1) is 111. The van der Waals surface area contributed by atoms with Crippen LogP contribution in [-0.2, 0) is 107 Å². The van der Waals surface area contributed by atoms with Crippen LogP contribution in [0.3, 0.4) is 0 Å². The van der Waals surface area contributed by atoms with Crippen LogP contribution in [-0.4, -0.2) is 262 Å². The molecule has 0 radical (unpaired) electrons. The topological polar surface area (TPSA) is 643 Å². The first-order valence-electron chi connectivity index (χ1n) is 43.8. The summed E-state index contributed by atoms with van der Waals surface area (Å²) >= 11 is 0. The number of hydrogen-bond donors (Lipinski definition) is 21. The molecule has 43 heteroatoms. The fourth-order valence-corrected chi connectivity index (χ4v) is 13.3. The molecule has 720 valence electrons. The molecule has 43 nitrogen and oxygen atoms in total. The second-order valence-corrected chi connectivity index (χ2v) is 34.3. The van der Waals surface area contributed by atoms with Crippen molar-refractivity contribution in [3.05, 3.63) is 59.4 Å². The number of amides is 19. The zero-order chi connectivity index (χ0) is 97.9. The standard InChI is InChI=1S/C86H139N21O22/c1-22-25-27-33-55(108)38-61(109)97-57(24-3)85(127)107-35-30-34-60(107)78(120)99-58(36-40(4)5)77(119)94-49(17)71(113)92-47(15)69(111)91-48(16)70(112)93-50(18)73(115)101-63(41(6)7)79(121)89-39-62(110)90-46(14)72(114)102-64(42(8)9)80(122)95-51(19)74(116)103-65(43(10)11)81(123)98-56(23-2)76(118)106-68-53(21)129-86(128)59(37-54-31-28-26-29-32-54)100-82(124)66(44(12)87)105-83(125)67(45(13)88)104-75(117)52(20)96-84(68)126/h23-24,26,28-29,31-32,40-53,55,58-60,63-68,108H,22,25,27,30,33-39,87-88H2,1-21H3,(H,89,121)(H,90,110)(H,91,111)(H,92,113)(H,93,112)(H,94,119)(H,95,122)(H,96,126)(H,97,109)(H,98,123)(H,99,120)(H,100,124)(H,101,115)(H,102,114)(H,103,116)(H,104,117)(H,105,125)(H,106,118)/b56-23-,57-24+. The van der Waals surface area contributed by atoms with E-state index in [9.17, 15) is 101 Å². The average molecular weight is 1820 g/mol. The number of likely N-dealkylation sites (tertiary alicyclic amines) is 1. The van der Waals surface area contributed by atoms with Gasteiger partial charge in [-0.15, -0.1) is 0 Å². The van der Waals surface area contributed by atoms with E-state index in [0.717, 1.165) is 25.3 Å². The molecule has 2 aliphatic rings. The van der Waals surface area contributed by atoms with Gasteiger partial charge in [-0.25, -0.2) is 4.79 Å². The van der Waals surface area contributed by atoms with Crippen molar-refractivity contribution in [2.75, 3.05) is 13.1 Å². The molecular weight excluding hydrogens is 1680 g/mol. The quantitative estimate of drug-likeness (QED) is 0.0167. The summed E-state index contributed by atoms with van der Waals surface area (Å²) in [6.07, 6.45) is 3.50. The molecule has 0 aliphatic carbocycles. The second kappa shape index (κ2) is 53.7. The third-order valence-corrected chi connectivity index (χ3v) is 21.2. The minimum Gasteiger partial charge on any atom is -0.458 e. The van der Waals surface area contributed by atoms with Crippen molar-refractivity contribution in [3.63, 3.8) is 0 Å². The van der Waals surface area contributed by atoms with E-state index in [1.807, 2.05) is 20.8 Å². The summed E-state index contributed by atoms with van der Waals surface area (Å²) in [5.41, 5.74) is 12.3. The zero-order valence-electron chi connectivity index (χ0n) is 77.8. The highest BCUT2D eigenvalue weighted by Gasteiger charge is 2.43. The van der Waals surface area contributed by atoms with Crippen molar-refractivity contribution in [3.8, 4) is 0 Å². The number of esters is 1. The molecule has 2 aliphatic heterocycles. The van der Waals surface area contributed by atoms with E-state index in [2.05, 4.69) is 95.7 Å². The number of nitrogens with two attached hydrogens (primary N) is 2. The van der Waals surface area contributed by atoms with Gasteiger partial charge >= 0.3 is 5.97 Å². The Morgan fingerprint density at radius 2 is 0.961 bits per heavy atom.